The lowest BCUT2D eigenvalue weighted by atomic mass is 10.1. The van der Waals surface area contributed by atoms with Gasteiger partial charge in [-0.15, -0.1) is 0 Å². The van der Waals surface area contributed by atoms with Gasteiger partial charge < -0.3 is 19.4 Å². The third kappa shape index (κ3) is 3.99. The van der Waals surface area contributed by atoms with Crippen molar-refractivity contribution in [1.82, 2.24) is 10.3 Å². The van der Waals surface area contributed by atoms with Crippen LogP contribution in [0, 0.1) is 0 Å². The molecule has 0 bridgehead atoms. The van der Waals surface area contributed by atoms with E-state index in [1.165, 1.54) is 0 Å². The predicted molar refractivity (Wildman–Crippen MR) is 70.7 cm³/mol. The Labute approximate surface area is 109 Å². The first-order valence-electron chi connectivity index (χ1n) is 6.57. The monoisotopic (exact) mass is 253 g/mol. The lowest BCUT2D eigenvalue weighted by Crippen LogP contribution is -2.35. The molecule has 1 aromatic heterocycles. The van der Waals surface area contributed by atoms with Crippen molar-refractivity contribution in [3.63, 3.8) is 0 Å². The van der Waals surface area contributed by atoms with Gasteiger partial charge in [0.05, 0.1) is 12.3 Å². The number of oxazole rings is 1. The molecule has 0 unspecified atom stereocenters. The fourth-order valence-electron chi connectivity index (χ4n) is 1.82. The van der Waals surface area contributed by atoms with Crippen LogP contribution in [0.5, 0.6) is 0 Å². The molecule has 1 saturated heterocycles. The number of hydrogen-bond donors (Lipinski definition) is 1. The molecule has 0 saturated carbocycles. The summed E-state index contributed by atoms with van der Waals surface area (Å²) in [5, 5.41) is 3.40. The van der Waals surface area contributed by atoms with Crippen molar-refractivity contribution in [1.29, 1.82) is 0 Å². The smallest absolute Gasteiger partial charge is 0.297 e. The van der Waals surface area contributed by atoms with Crippen LogP contribution in [0.2, 0.25) is 0 Å². The van der Waals surface area contributed by atoms with E-state index in [4.69, 9.17) is 9.15 Å². The number of rotatable bonds is 3. The first kappa shape index (κ1) is 13.4. The molecule has 1 fully saturated rings. The SMILES string of the molecule is CC(C)(C)NCc1coc(N2CCCOCC2)n1. The summed E-state index contributed by atoms with van der Waals surface area (Å²) < 4.78 is 11.0. The van der Waals surface area contributed by atoms with Crippen LogP contribution in [-0.2, 0) is 11.3 Å². The Morgan fingerprint density at radius 3 is 2.94 bits per heavy atom. The maximum atomic E-state index is 5.54. The van der Waals surface area contributed by atoms with Crippen molar-refractivity contribution in [2.45, 2.75) is 39.3 Å². The van der Waals surface area contributed by atoms with Gasteiger partial charge in [-0.2, -0.15) is 4.98 Å². The fraction of sp³-hybridized carbons (Fsp3) is 0.769. The minimum atomic E-state index is 0.0928. The van der Waals surface area contributed by atoms with E-state index in [-0.39, 0.29) is 5.54 Å². The molecule has 0 radical (unpaired) electrons. The van der Waals surface area contributed by atoms with Gasteiger partial charge in [-0.3, -0.25) is 0 Å². The second-order valence-corrected chi connectivity index (χ2v) is 5.68. The van der Waals surface area contributed by atoms with Gasteiger partial charge in [0, 0.05) is 31.8 Å². The van der Waals surface area contributed by atoms with Crippen LogP contribution < -0.4 is 10.2 Å². The van der Waals surface area contributed by atoms with E-state index in [0.717, 1.165) is 45.0 Å². The molecule has 5 heteroatoms. The van der Waals surface area contributed by atoms with Gasteiger partial charge >= 0.3 is 0 Å². The molecule has 2 rings (SSSR count). The Bertz CT molecular complexity index is 363. The largest absolute Gasteiger partial charge is 0.432 e. The highest BCUT2D eigenvalue weighted by molar-refractivity contribution is 5.27. The van der Waals surface area contributed by atoms with Gasteiger partial charge in [-0.05, 0) is 27.2 Å². The number of nitrogens with zero attached hydrogens (tertiary/aromatic N) is 2. The van der Waals surface area contributed by atoms with Crippen molar-refractivity contribution >= 4 is 6.01 Å². The number of nitrogens with one attached hydrogen (secondary N) is 1. The Morgan fingerprint density at radius 1 is 1.33 bits per heavy atom. The highest BCUT2D eigenvalue weighted by Gasteiger charge is 2.16. The number of aromatic nitrogens is 1. The predicted octanol–water partition coefficient (Wildman–Crippen LogP) is 1.79. The zero-order valence-corrected chi connectivity index (χ0v) is 11.5. The second kappa shape index (κ2) is 5.71. The van der Waals surface area contributed by atoms with Crippen LogP contribution in [0.3, 0.4) is 0 Å². The highest BCUT2D eigenvalue weighted by atomic mass is 16.5. The van der Waals surface area contributed by atoms with E-state index in [1.807, 2.05) is 0 Å². The van der Waals surface area contributed by atoms with Gasteiger partial charge in [0.1, 0.15) is 6.26 Å². The number of anilines is 1. The highest BCUT2D eigenvalue weighted by Crippen LogP contribution is 2.15. The summed E-state index contributed by atoms with van der Waals surface area (Å²) in [6.45, 7) is 10.5. The minimum Gasteiger partial charge on any atom is -0.432 e. The number of hydrogen-bond acceptors (Lipinski definition) is 5. The molecule has 102 valence electrons. The van der Waals surface area contributed by atoms with Gasteiger partial charge in [-0.1, -0.05) is 0 Å². The normalized spacial score (nSPS) is 17.8. The topological polar surface area (TPSA) is 50.5 Å². The van der Waals surface area contributed by atoms with E-state index < -0.39 is 0 Å². The molecule has 1 aliphatic heterocycles. The van der Waals surface area contributed by atoms with Crippen molar-refractivity contribution in [3.8, 4) is 0 Å². The van der Waals surface area contributed by atoms with Crippen LogP contribution >= 0.6 is 0 Å². The number of ether oxygens (including phenoxy) is 1. The summed E-state index contributed by atoms with van der Waals surface area (Å²) in [5.41, 5.74) is 1.04. The van der Waals surface area contributed by atoms with Crippen molar-refractivity contribution in [2.75, 3.05) is 31.2 Å². The Balaban J connectivity index is 1.92. The molecule has 0 aromatic carbocycles. The first-order valence-corrected chi connectivity index (χ1v) is 6.57. The summed E-state index contributed by atoms with van der Waals surface area (Å²) in [7, 11) is 0. The zero-order valence-electron chi connectivity index (χ0n) is 11.5. The fourth-order valence-corrected chi connectivity index (χ4v) is 1.82. The Morgan fingerprint density at radius 2 is 2.17 bits per heavy atom. The molecular weight excluding hydrogens is 230 g/mol. The van der Waals surface area contributed by atoms with Gasteiger partial charge in [-0.25, -0.2) is 0 Å². The molecule has 0 aliphatic carbocycles. The van der Waals surface area contributed by atoms with Gasteiger partial charge in [0.2, 0.25) is 0 Å². The summed E-state index contributed by atoms with van der Waals surface area (Å²) in [6, 6.07) is 0.714. The van der Waals surface area contributed by atoms with E-state index in [2.05, 4.69) is 36.0 Å². The van der Waals surface area contributed by atoms with Crippen molar-refractivity contribution in [2.24, 2.45) is 0 Å². The molecule has 18 heavy (non-hydrogen) atoms. The van der Waals surface area contributed by atoms with Crippen LogP contribution in [0.25, 0.3) is 0 Å². The molecule has 5 nitrogen and oxygen atoms in total. The van der Waals surface area contributed by atoms with Crippen molar-refractivity contribution < 1.29 is 9.15 Å². The first-order chi connectivity index (χ1) is 8.54. The molecule has 2 heterocycles. The zero-order chi connectivity index (χ0) is 13.0. The molecule has 1 aliphatic rings. The Kier molecular flexibility index (Phi) is 4.24. The molecule has 0 spiro atoms. The van der Waals surface area contributed by atoms with Crippen LogP contribution in [0.15, 0.2) is 10.7 Å². The second-order valence-electron chi connectivity index (χ2n) is 5.68. The quantitative estimate of drug-likeness (QED) is 0.890. The molecule has 1 N–H and O–H groups in total. The summed E-state index contributed by atoms with van der Waals surface area (Å²) in [5.74, 6) is 0. The third-order valence-electron chi connectivity index (χ3n) is 2.83. The lowest BCUT2D eigenvalue weighted by molar-refractivity contribution is 0.152. The van der Waals surface area contributed by atoms with E-state index >= 15 is 0 Å². The van der Waals surface area contributed by atoms with Crippen LogP contribution in [-0.4, -0.2) is 36.8 Å². The van der Waals surface area contributed by atoms with E-state index in [1.54, 1.807) is 6.26 Å². The molecule has 1 aromatic rings. The molecular formula is C13H23N3O2. The van der Waals surface area contributed by atoms with Crippen LogP contribution in [0.4, 0.5) is 6.01 Å². The van der Waals surface area contributed by atoms with Gasteiger partial charge in [0.15, 0.2) is 0 Å². The summed E-state index contributed by atoms with van der Waals surface area (Å²) in [6.07, 6.45) is 2.76. The maximum Gasteiger partial charge on any atom is 0.297 e. The Hall–Kier alpha value is -1.07. The summed E-state index contributed by atoms with van der Waals surface area (Å²) >= 11 is 0. The van der Waals surface area contributed by atoms with Crippen molar-refractivity contribution in [3.05, 3.63) is 12.0 Å². The molecule has 0 amide bonds. The lowest BCUT2D eigenvalue weighted by Gasteiger charge is -2.19. The van der Waals surface area contributed by atoms with Crippen LogP contribution in [0.1, 0.15) is 32.9 Å². The molecule has 0 atom stereocenters. The average molecular weight is 253 g/mol. The standard InChI is InChI=1S/C13H23N3O2/c1-13(2,3)14-9-11-10-18-12(15-11)16-5-4-7-17-8-6-16/h10,14H,4-9H2,1-3H3. The van der Waals surface area contributed by atoms with E-state index in [9.17, 15) is 0 Å². The minimum absolute atomic E-state index is 0.0928. The van der Waals surface area contributed by atoms with E-state index in [0.29, 0.717) is 6.01 Å². The summed E-state index contributed by atoms with van der Waals surface area (Å²) in [4.78, 5) is 6.67. The average Bonchev–Trinajstić information content (AvgIpc) is 2.60. The maximum absolute atomic E-state index is 5.54. The van der Waals surface area contributed by atoms with Gasteiger partial charge in [0.25, 0.3) is 6.01 Å². The third-order valence-corrected chi connectivity index (χ3v) is 2.83.